The van der Waals surface area contributed by atoms with E-state index in [1.165, 1.54) is 12.8 Å². The Hall–Kier alpha value is -0.870. The summed E-state index contributed by atoms with van der Waals surface area (Å²) in [6, 6.07) is 0. The van der Waals surface area contributed by atoms with Gasteiger partial charge in [0, 0.05) is 44.4 Å². The van der Waals surface area contributed by atoms with E-state index in [1.807, 2.05) is 24.0 Å². The summed E-state index contributed by atoms with van der Waals surface area (Å²) in [7, 11) is 2.01. The first-order valence-electron chi connectivity index (χ1n) is 6.46. The first-order chi connectivity index (χ1) is 8.19. The van der Waals surface area contributed by atoms with Gasteiger partial charge >= 0.3 is 0 Å². The molecule has 1 heterocycles. The van der Waals surface area contributed by atoms with Crippen molar-refractivity contribution in [1.29, 1.82) is 0 Å². The van der Waals surface area contributed by atoms with Gasteiger partial charge in [-0.2, -0.15) is 0 Å². The first-order valence-corrected chi connectivity index (χ1v) is 6.46. The van der Waals surface area contributed by atoms with Gasteiger partial charge in [-0.15, -0.1) is 0 Å². The van der Waals surface area contributed by atoms with E-state index in [4.69, 9.17) is 5.73 Å². The molecule has 0 bridgehead atoms. The number of hydrogen-bond donors (Lipinski definition) is 2. The van der Waals surface area contributed by atoms with Crippen molar-refractivity contribution in [2.24, 2.45) is 24.1 Å². The Kier molecular flexibility index (Phi) is 3.84. The molecular weight excluding hydrogens is 214 g/mol. The molecule has 1 aromatic rings. The van der Waals surface area contributed by atoms with Crippen LogP contribution in [0.2, 0.25) is 0 Å². The number of aromatic nitrogens is 2. The monoisotopic (exact) mass is 237 g/mol. The Balaban J connectivity index is 1.94. The van der Waals surface area contributed by atoms with Crippen LogP contribution in [0, 0.1) is 11.3 Å². The zero-order chi connectivity index (χ0) is 12.3. The molecular formula is C13H23N3O. The highest BCUT2D eigenvalue weighted by Gasteiger charge is 2.35. The van der Waals surface area contributed by atoms with E-state index >= 15 is 0 Å². The number of imidazole rings is 1. The molecule has 0 aromatic carbocycles. The number of rotatable bonds is 7. The molecule has 1 unspecified atom stereocenters. The van der Waals surface area contributed by atoms with Gasteiger partial charge in [0.1, 0.15) is 5.82 Å². The Morgan fingerprint density at radius 3 is 2.82 bits per heavy atom. The van der Waals surface area contributed by atoms with Gasteiger partial charge in [0.2, 0.25) is 0 Å². The summed E-state index contributed by atoms with van der Waals surface area (Å²) in [5.41, 5.74) is 5.79. The van der Waals surface area contributed by atoms with Crippen molar-refractivity contribution < 1.29 is 5.11 Å². The predicted octanol–water partition coefficient (Wildman–Crippen LogP) is 1.09. The van der Waals surface area contributed by atoms with E-state index < -0.39 is 0 Å². The van der Waals surface area contributed by atoms with Crippen molar-refractivity contribution in [3.8, 4) is 0 Å². The van der Waals surface area contributed by atoms with Crippen LogP contribution in [0.3, 0.4) is 0 Å². The molecule has 4 heteroatoms. The van der Waals surface area contributed by atoms with E-state index in [1.54, 1.807) is 0 Å². The zero-order valence-corrected chi connectivity index (χ0v) is 10.6. The maximum atomic E-state index is 9.64. The minimum Gasteiger partial charge on any atom is -0.396 e. The van der Waals surface area contributed by atoms with Crippen LogP contribution in [-0.4, -0.2) is 27.8 Å². The molecule has 0 saturated heterocycles. The van der Waals surface area contributed by atoms with Crippen molar-refractivity contribution in [2.45, 2.75) is 32.1 Å². The minimum absolute atomic E-state index is 0.0902. The molecule has 1 fully saturated rings. The lowest BCUT2D eigenvalue weighted by molar-refractivity contribution is 0.106. The van der Waals surface area contributed by atoms with Crippen LogP contribution >= 0.6 is 0 Å². The van der Waals surface area contributed by atoms with E-state index in [2.05, 4.69) is 4.98 Å². The molecule has 0 spiro atoms. The fraction of sp³-hybridized carbons (Fsp3) is 0.769. The normalized spacial score (nSPS) is 19.2. The van der Waals surface area contributed by atoms with Crippen molar-refractivity contribution >= 4 is 0 Å². The Labute approximate surface area is 103 Å². The molecule has 0 amide bonds. The van der Waals surface area contributed by atoms with Crippen LogP contribution in [0.4, 0.5) is 0 Å². The number of aryl methyl sites for hydroxylation is 2. The molecule has 0 radical (unpaired) electrons. The number of nitrogens with zero attached hydrogens (tertiary/aromatic N) is 2. The molecule has 1 aliphatic carbocycles. The van der Waals surface area contributed by atoms with Crippen molar-refractivity contribution in [3.05, 3.63) is 18.2 Å². The smallest absolute Gasteiger partial charge is 0.108 e. The third-order valence-corrected chi connectivity index (χ3v) is 3.99. The van der Waals surface area contributed by atoms with Gasteiger partial charge in [-0.1, -0.05) is 12.8 Å². The predicted molar refractivity (Wildman–Crippen MR) is 67.4 cm³/mol. The summed E-state index contributed by atoms with van der Waals surface area (Å²) >= 11 is 0. The highest BCUT2D eigenvalue weighted by atomic mass is 16.3. The van der Waals surface area contributed by atoms with E-state index in [9.17, 15) is 5.11 Å². The van der Waals surface area contributed by atoms with E-state index in [-0.39, 0.29) is 12.0 Å². The average Bonchev–Trinajstić information content (AvgIpc) is 3.06. The van der Waals surface area contributed by atoms with Crippen LogP contribution < -0.4 is 5.73 Å². The van der Waals surface area contributed by atoms with Gasteiger partial charge in [0.15, 0.2) is 0 Å². The SMILES string of the molecule is Cn1ccnc1CCC(CN)(CO)CC1CC1. The molecule has 1 saturated carbocycles. The molecule has 3 N–H and O–H groups in total. The Morgan fingerprint density at radius 2 is 2.35 bits per heavy atom. The molecule has 4 nitrogen and oxygen atoms in total. The lowest BCUT2D eigenvalue weighted by Crippen LogP contribution is -2.35. The van der Waals surface area contributed by atoms with Crippen molar-refractivity contribution in [3.63, 3.8) is 0 Å². The fourth-order valence-electron chi connectivity index (χ4n) is 2.44. The molecule has 1 atom stereocenters. The van der Waals surface area contributed by atoms with Gasteiger partial charge in [-0.05, 0) is 18.8 Å². The van der Waals surface area contributed by atoms with Gasteiger partial charge in [0.05, 0.1) is 0 Å². The van der Waals surface area contributed by atoms with Crippen LogP contribution in [0.25, 0.3) is 0 Å². The number of hydrogen-bond acceptors (Lipinski definition) is 3. The Bertz CT molecular complexity index is 353. The first kappa shape index (κ1) is 12.6. The second-order valence-electron chi connectivity index (χ2n) is 5.46. The maximum Gasteiger partial charge on any atom is 0.108 e. The minimum atomic E-state index is -0.0902. The average molecular weight is 237 g/mol. The molecule has 17 heavy (non-hydrogen) atoms. The van der Waals surface area contributed by atoms with Crippen molar-refractivity contribution in [1.82, 2.24) is 9.55 Å². The lowest BCUT2D eigenvalue weighted by atomic mass is 9.79. The summed E-state index contributed by atoms with van der Waals surface area (Å²) in [5.74, 6) is 1.87. The van der Waals surface area contributed by atoms with Gasteiger partial charge < -0.3 is 15.4 Å². The third-order valence-electron chi connectivity index (χ3n) is 3.99. The third kappa shape index (κ3) is 3.07. The van der Waals surface area contributed by atoms with Crippen LogP contribution in [0.15, 0.2) is 12.4 Å². The number of nitrogens with two attached hydrogens (primary N) is 1. The van der Waals surface area contributed by atoms with Crippen LogP contribution in [0.5, 0.6) is 0 Å². The van der Waals surface area contributed by atoms with E-state index in [0.717, 1.165) is 31.0 Å². The summed E-state index contributed by atoms with van der Waals surface area (Å²) in [6.45, 7) is 0.773. The largest absolute Gasteiger partial charge is 0.396 e. The van der Waals surface area contributed by atoms with Crippen LogP contribution in [-0.2, 0) is 13.5 Å². The highest BCUT2D eigenvalue weighted by Crippen LogP contribution is 2.41. The molecule has 2 rings (SSSR count). The zero-order valence-electron chi connectivity index (χ0n) is 10.6. The number of aliphatic hydroxyl groups excluding tert-OH is 1. The lowest BCUT2D eigenvalue weighted by Gasteiger charge is -2.30. The number of aliphatic hydroxyl groups is 1. The maximum absolute atomic E-state index is 9.64. The molecule has 1 aromatic heterocycles. The second-order valence-corrected chi connectivity index (χ2v) is 5.46. The summed E-state index contributed by atoms with van der Waals surface area (Å²) in [5, 5.41) is 9.64. The van der Waals surface area contributed by atoms with Crippen molar-refractivity contribution in [2.75, 3.05) is 13.2 Å². The van der Waals surface area contributed by atoms with Gasteiger partial charge in [-0.3, -0.25) is 0 Å². The standard InChI is InChI=1S/C13H23N3O/c1-16-7-6-15-12(16)4-5-13(9-14,10-17)8-11-2-3-11/h6-7,11,17H,2-5,8-10,14H2,1H3. The topological polar surface area (TPSA) is 64.1 Å². The molecule has 1 aliphatic rings. The highest BCUT2D eigenvalue weighted by molar-refractivity contribution is 4.95. The second kappa shape index (κ2) is 5.19. The molecule has 96 valence electrons. The summed E-state index contributed by atoms with van der Waals surface area (Å²) in [4.78, 5) is 4.32. The summed E-state index contributed by atoms with van der Waals surface area (Å²) < 4.78 is 2.04. The quantitative estimate of drug-likeness (QED) is 0.746. The Morgan fingerprint density at radius 1 is 1.59 bits per heavy atom. The van der Waals surface area contributed by atoms with Crippen LogP contribution in [0.1, 0.15) is 31.5 Å². The summed E-state index contributed by atoms with van der Waals surface area (Å²) in [6.07, 6.45) is 9.30. The van der Waals surface area contributed by atoms with Gasteiger partial charge in [0.25, 0.3) is 0 Å². The van der Waals surface area contributed by atoms with E-state index in [0.29, 0.717) is 6.54 Å². The van der Waals surface area contributed by atoms with Gasteiger partial charge in [-0.25, -0.2) is 4.98 Å². The molecule has 0 aliphatic heterocycles. The fourth-order valence-corrected chi connectivity index (χ4v) is 2.44.